The lowest BCUT2D eigenvalue weighted by Crippen LogP contribution is -2.13. The molecule has 0 aliphatic rings. The number of benzene rings is 1. The molecule has 0 aliphatic carbocycles. The van der Waals surface area contributed by atoms with Gasteiger partial charge in [-0.3, -0.25) is 14.2 Å². The van der Waals surface area contributed by atoms with Crippen LogP contribution in [0.1, 0.15) is 21.6 Å². The minimum Gasteiger partial charge on any atom is -0.305 e. The molecule has 0 saturated heterocycles. The van der Waals surface area contributed by atoms with Crippen LogP contribution in [-0.2, 0) is 13.6 Å². The lowest BCUT2D eigenvalue weighted by atomic mass is 10.2. The van der Waals surface area contributed by atoms with Crippen molar-refractivity contribution in [3.05, 3.63) is 65.4 Å². The molecule has 0 fully saturated rings. The zero-order chi connectivity index (χ0) is 16.4. The Balaban J connectivity index is 1.68. The lowest BCUT2D eigenvalue weighted by Gasteiger charge is -2.03. The third-order valence-corrected chi connectivity index (χ3v) is 3.62. The summed E-state index contributed by atoms with van der Waals surface area (Å²) >= 11 is 0. The summed E-state index contributed by atoms with van der Waals surface area (Å²) in [6.45, 7) is 2.33. The number of halogens is 1. The summed E-state index contributed by atoms with van der Waals surface area (Å²) in [7, 11) is 1.78. The first-order valence-electron chi connectivity index (χ1n) is 7.11. The van der Waals surface area contributed by atoms with Crippen molar-refractivity contribution in [2.75, 3.05) is 5.32 Å². The molecular formula is C16H16FN5O. The molecule has 118 valence electrons. The van der Waals surface area contributed by atoms with Crippen LogP contribution in [0, 0.1) is 12.7 Å². The average Bonchev–Trinajstić information content (AvgIpc) is 3.09. The number of aromatic nitrogens is 4. The van der Waals surface area contributed by atoms with Crippen molar-refractivity contribution in [2.24, 2.45) is 7.05 Å². The van der Waals surface area contributed by atoms with Crippen molar-refractivity contribution in [1.82, 2.24) is 19.6 Å². The minimum atomic E-state index is -0.269. The first-order chi connectivity index (χ1) is 11.0. The highest BCUT2D eigenvalue weighted by atomic mass is 19.1. The highest BCUT2D eigenvalue weighted by molar-refractivity contribution is 6.04. The van der Waals surface area contributed by atoms with E-state index < -0.39 is 0 Å². The molecule has 0 spiro atoms. The molecule has 0 saturated carbocycles. The SMILES string of the molecule is Cc1c(C(=O)Nc2ccn(Cc3ccc(F)cc3)n2)cnn1C. The van der Waals surface area contributed by atoms with Crippen LogP contribution in [0.4, 0.5) is 10.2 Å². The Morgan fingerprint density at radius 1 is 1.26 bits per heavy atom. The first kappa shape index (κ1) is 15.0. The van der Waals surface area contributed by atoms with Crippen LogP contribution in [0.15, 0.2) is 42.7 Å². The van der Waals surface area contributed by atoms with Crippen molar-refractivity contribution < 1.29 is 9.18 Å². The molecule has 1 aromatic carbocycles. The zero-order valence-corrected chi connectivity index (χ0v) is 12.8. The maximum Gasteiger partial charge on any atom is 0.260 e. The molecule has 23 heavy (non-hydrogen) atoms. The first-order valence-corrected chi connectivity index (χ1v) is 7.11. The number of hydrogen-bond acceptors (Lipinski definition) is 3. The van der Waals surface area contributed by atoms with Gasteiger partial charge in [0.15, 0.2) is 5.82 Å². The van der Waals surface area contributed by atoms with E-state index in [0.29, 0.717) is 17.9 Å². The van der Waals surface area contributed by atoms with Crippen molar-refractivity contribution in [2.45, 2.75) is 13.5 Å². The van der Waals surface area contributed by atoms with E-state index in [4.69, 9.17) is 0 Å². The highest BCUT2D eigenvalue weighted by Gasteiger charge is 2.14. The molecule has 0 unspecified atom stereocenters. The predicted molar refractivity (Wildman–Crippen MR) is 83.6 cm³/mol. The fraction of sp³-hybridized carbons (Fsp3) is 0.188. The Morgan fingerprint density at radius 2 is 2.00 bits per heavy atom. The van der Waals surface area contributed by atoms with Gasteiger partial charge in [-0.2, -0.15) is 10.2 Å². The molecule has 0 radical (unpaired) electrons. The molecule has 1 N–H and O–H groups in total. The van der Waals surface area contributed by atoms with E-state index in [9.17, 15) is 9.18 Å². The number of hydrogen-bond donors (Lipinski definition) is 1. The Bertz CT molecular complexity index is 835. The Hall–Kier alpha value is -2.96. The summed E-state index contributed by atoms with van der Waals surface area (Å²) < 4.78 is 16.2. The fourth-order valence-electron chi connectivity index (χ4n) is 2.20. The van der Waals surface area contributed by atoms with Crippen LogP contribution in [0.2, 0.25) is 0 Å². The van der Waals surface area contributed by atoms with Crippen LogP contribution in [0.3, 0.4) is 0 Å². The number of nitrogens with zero attached hydrogens (tertiary/aromatic N) is 4. The summed E-state index contributed by atoms with van der Waals surface area (Å²) in [5.74, 6) is -0.0583. The Kier molecular flexibility index (Phi) is 3.92. The van der Waals surface area contributed by atoms with E-state index in [1.165, 1.54) is 18.3 Å². The van der Waals surface area contributed by atoms with Crippen LogP contribution in [0.25, 0.3) is 0 Å². The topological polar surface area (TPSA) is 64.7 Å². The van der Waals surface area contributed by atoms with Crippen molar-refractivity contribution in [1.29, 1.82) is 0 Å². The normalized spacial score (nSPS) is 10.7. The number of rotatable bonds is 4. The van der Waals surface area contributed by atoms with Gasteiger partial charge in [0.05, 0.1) is 18.3 Å². The molecule has 0 bridgehead atoms. The number of carbonyl (C=O) groups excluding carboxylic acids is 1. The standard InChI is InChI=1S/C16H16FN5O/c1-11-14(9-18-21(11)2)16(23)19-15-7-8-22(20-15)10-12-3-5-13(17)6-4-12/h3-9H,10H2,1-2H3,(H,19,20,23). The predicted octanol–water partition coefficient (Wildman–Crippen LogP) is 2.36. The molecule has 3 aromatic rings. The van der Waals surface area contributed by atoms with E-state index in [1.54, 1.807) is 40.8 Å². The average molecular weight is 313 g/mol. The molecule has 1 amide bonds. The molecule has 2 aromatic heterocycles. The van der Waals surface area contributed by atoms with Gasteiger partial charge in [-0.05, 0) is 24.6 Å². The van der Waals surface area contributed by atoms with Gasteiger partial charge in [0.25, 0.3) is 5.91 Å². The van der Waals surface area contributed by atoms with Gasteiger partial charge in [0.2, 0.25) is 0 Å². The third-order valence-electron chi connectivity index (χ3n) is 3.62. The second-order valence-corrected chi connectivity index (χ2v) is 5.25. The van der Waals surface area contributed by atoms with Crippen LogP contribution < -0.4 is 5.32 Å². The maximum atomic E-state index is 12.9. The van der Waals surface area contributed by atoms with E-state index in [-0.39, 0.29) is 11.7 Å². The number of anilines is 1. The maximum absolute atomic E-state index is 12.9. The number of carbonyl (C=O) groups is 1. The summed E-state index contributed by atoms with van der Waals surface area (Å²) in [5, 5.41) is 11.1. The van der Waals surface area contributed by atoms with Crippen molar-refractivity contribution >= 4 is 11.7 Å². The molecule has 6 nitrogen and oxygen atoms in total. The molecular weight excluding hydrogens is 297 g/mol. The molecule has 3 rings (SSSR count). The lowest BCUT2D eigenvalue weighted by molar-refractivity contribution is 0.102. The monoisotopic (exact) mass is 313 g/mol. The third kappa shape index (κ3) is 3.28. The van der Waals surface area contributed by atoms with Gasteiger partial charge >= 0.3 is 0 Å². The molecule has 7 heteroatoms. The summed E-state index contributed by atoms with van der Waals surface area (Å²) in [5.41, 5.74) is 2.23. The molecule has 0 atom stereocenters. The fourth-order valence-corrected chi connectivity index (χ4v) is 2.20. The highest BCUT2D eigenvalue weighted by Crippen LogP contribution is 2.11. The number of nitrogens with one attached hydrogen (secondary N) is 1. The van der Waals surface area contributed by atoms with E-state index in [2.05, 4.69) is 15.5 Å². The second kappa shape index (κ2) is 6.04. The number of aryl methyl sites for hydroxylation is 1. The molecule has 2 heterocycles. The zero-order valence-electron chi connectivity index (χ0n) is 12.8. The van der Waals surface area contributed by atoms with E-state index >= 15 is 0 Å². The summed E-state index contributed by atoms with van der Waals surface area (Å²) in [6.07, 6.45) is 3.29. The summed E-state index contributed by atoms with van der Waals surface area (Å²) in [6, 6.07) is 7.94. The van der Waals surface area contributed by atoms with Crippen LogP contribution >= 0.6 is 0 Å². The van der Waals surface area contributed by atoms with E-state index in [1.807, 2.05) is 6.92 Å². The van der Waals surface area contributed by atoms with Gasteiger partial charge in [-0.25, -0.2) is 4.39 Å². The van der Waals surface area contributed by atoms with Gasteiger partial charge in [0.1, 0.15) is 5.82 Å². The van der Waals surface area contributed by atoms with Crippen molar-refractivity contribution in [3.63, 3.8) is 0 Å². The number of amides is 1. The van der Waals surface area contributed by atoms with Gasteiger partial charge in [-0.15, -0.1) is 0 Å². The Morgan fingerprint density at radius 3 is 2.65 bits per heavy atom. The van der Waals surface area contributed by atoms with E-state index in [0.717, 1.165) is 11.3 Å². The Labute approximate surface area is 132 Å². The van der Waals surface area contributed by atoms with Crippen molar-refractivity contribution in [3.8, 4) is 0 Å². The van der Waals surface area contributed by atoms with Crippen LogP contribution in [0.5, 0.6) is 0 Å². The molecule has 0 aliphatic heterocycles. The quantitative estimate of drug-likeness (QED) is 0.804. The second-order valence-electron chi connectivity index (χ2n) is 5.25. The summed E-state index contributed by atoms with van der Waals surface area (Å²) in [4.78, 5) is 12.2. The largest absolute Gasteiger partial charge is 0.305 e. The van der Waals surface area contributed by atoms with Crippen LogP contribution in [-0.4, -0.2) is 25.5 Å². The minimum absolute atomic E-state index is 0.248. The van der Waals surface area contributed by atoms with Gasteiger partial charge < -0.3 is 5.32 Å². The smallest absolute Gasteiger partial charge is 0.260 e. The van der Waals surface area contributed by atoms with Gasteiger partial charge in [-0.1, -0.05) is 12.1 Å². The van der Waals surface area contributed by atoms with Gasteiger partial charge in [0, 0.05) is 25.0 Å².